The zero-order chi connectivity index (χ0) is 16.1. The topological polar surface area (TPSA) is 68.2 Å². The third kappa shape index (κ3) is 4.10. The molecule has 1 aliphatic heterocycles. The van der Waals surface area contributed by atoms with Crippen molar-refractivity contribution in [2.45, 2.75) is 13.3 Å². The van der Waals surface area contributed by atoms with E-state index >= 15 is 0 Å². The summed E-state index contributed by atoms with van der Waals surface area (Å²) in [6.45, 7) is 4.38. The van der Waals surface area contributed by atoms with Crippen LogP contribution in [0.3, 0.4) is 0 Å². The largest absolute Gasteiger partial charge is 0.379 e. The minimum absolute atomic E-state index is 0.0417. The van der Waals surface area contributed by atoms with Crippen molar-refractivity contribution in [1.82, 2.24) is 19.9 Å². The van der Waals surface area contributed by atoms with Crippen LogP contribution < -0.4 is 0 Å². The zero-order valence-electron chi connectivity index (χ0n) is 13.2. The number of aromatic nitrogens is 3. The van der Waals surface area contributed by atoms with E-state index in [1.54, 1.807) is 18.6 Å². The number of amides is 1. The fraction of sp³-hybridized carbons (Fsp3) is 0.412. The van der Waals surface area contributed by atoms with Gasteiger partial charge in [0.1, 0.15) is 12.0 Å². The predicted octanol–water partition coefficient (Wildman–Crippen LogP) is 1.51. The van der Waals surface area contributed by atoms with Gasteiger partial charge in [-0.2, -0.15) is 0 Å². The van der Waals surface area contributed by atoms with Crippen LogP contribution in [-0.4, -0.2) is 52.1 Å². The molecule has 23 heavy (non-hydrogen) atoms. The second-order valence-corrected chi connectivity index (χ2v) is 5.76. The Hall–Kier alpha value is -2.34. The van der Waals surface area contributed by atoms with Gasteiger partial charge in [-0.3, -0.25) is 9.78 Å². The van der Waals surface area contributed by atoms with Crippen LogP contribution in [0, 0.1) is 12.8 Å². The van der Waals surface area contributed by atoms with E-state index in [1.807, 2.05) is 30.0 Å². The highest BCUT2D eigenvalue weighted by atomic mass is 16.5. The lowest BCUT2D eigenvalue weighted by atomic mass is 10.0. The maximum atomic E-state index is 12.6. The molecule has 0 unspecified atom stereocenters. The van der Waals surface area contributed by atoms with Gasteiger partial charge in [-0.15, -0.1) is 0 Å². The maximum absolute atomic E-state index is 12.6. The summed E-state index contributed by atoms with van der Waals surface area (Å²) in [4.78, 5) is 27.0. The van der Waals surface area contributed by atoms with E-state index in [0.717, 1.165) is 17.8 Å². The van der Waals surface area contributed by atoms with E-state index in [9.17, 15) is 4.79 Å². The van der Waals surface area contributed by atoms with Gasteiger partial charge < -0.3 is 9.64 Å². The fourth-order valence-corrected chi connectivity index (χ4v) is 2.76. The molecule has 1 saturated heterocycles. The molecular weight excluding hydrogens is 292 g/mol. The third-order valence-electron chi connectivity index (χ3n) is 3.87. The van der Waals surface area contributed by atoms with Gasteiger partial charge in [0.05, 0.1) is 13.2 Å². The molecule has 0 saturated carbocycles. The van der Waals surface area contributed by atoms with Crippen LogP contribution in [0.15, 0.2) is 36.8 Å². The Morgan fingerprint density at radius 3 is 3.04 bits per heavy atom. The zero-order valence-corrected chi connectivity index (χ0v) is 13.2. The minimum Gasteiger partial charge on any atom is -0.379 e. The van der Waals surface area contributed by atoms with E-state index in [4.69, 9.17) is 4.74 Å². The van der Waals surface area contributed by atoms with E-state index < -0.39 is 0 Å². The molecule has 6 heteroatoms. The highest BCUT2D eigenvalue weighted by molar-refractivity contribution is 5.92. The summed E-state index contributed by atoms with van der Waals surface area (Å²) in [5.41, 5.74) is 2.41. The van der Waals surface area contributed by atoms with E-state index in [2.05, 4.69) is 15.0 Å². The normalized spacial score (nSPS) is 18.5. The molecular formula is C17H20N4O2. The van der Waals surface area contributed by atoms with Gasteiger partial charge in [-0.1, -0.05) is 6.07 Å². The minimum atomic E-state index is -0.0417. The Kier molecular flexibility index (Phi) is 4.92. The van der Waals surface area contributed by atoms with Crippen LogP contribution in [0.25, 0.3) is 0 Å². The first-order valence-corrected chi connectivity index (χ1v) is 7.78. The molecule has 2 aromatic rings. The number of carbonyl (C=O) groups is 1. The van der Waals surface area contributed by atoms with Crippen molar-refractivity contribution in [3.8, 4) is 0 Å². The first-order chi connectivity index (χ1) is 11.2. The van der Waals surface area contributed by atoms with Crippen molar-refractivity contribution < 1.29 is 9.53 Å². The molecule has 3 rings (SSSR count). The average molecular weight is 312 g/mol. The lowest BCUT2D eigenvalue weighted by Gasteiger charge is -2.23. The molecule has 6 nitrogen and oxygen atoms in total. The van der Waals surface area contributed by atoms with E-state index in [0.29, 0.717) is 32.0 Å². The van der Waals surface area contributed by atoms with Gasteiger partial charge in [0.15, 0.2) is 0 Å². The van der Waals surface area contributed by atoms with Crippen molar-refractivity contribution in [3.05, 3.63) is 53.9 Å². The lowest BCUT2D eigenvalue weighted by Crippen LogP contribution is -2.36. The van der Waals surface area contributed by atoms with Crippen molar-refractivity contribution in [3.63, 3.8) is 0 Å². The Balaban J connectivity index is 1.70. The summed E-state index contributed by atoms with van der Waals surface area (Å²) in [5, 5.41) is 0. The molecule has 1 aliphatic rings. The van der Waals surface area contributed by atoms with Crippen LogP contribution in [0.4, 0.5) is 0 Å². The molecule has 2 aromatic heterocycles. The smallest absolute Gasteiger partial charge is 0.272 e. The molecule has 0 aromatic carbocycles. The Bertz CT molecular complexity index is 663. The van der Waals surface area contributed by atoms with Gasteiger partial charge >= 0.3 is 0 Å². The van der Waals surface area contributed by atoms with Crippen LogP contribution in [0.5, 0.6) is 0 Å². The lowest BCUT2D eigenvalue weighted by molar-refractivity contribution is 0.0731. The predicted molar refractivity (Wildman–Crippen MR) is 84.9 cm³/mol. The number of carbonyl (C=O) groups excluding carboxylic acids is 1. The summed E-state index contributed by atoms with van der Waals surface area (Å²) in [6.07, 6.45) is 4.00. The molecule has 0 aliphatic carbocycles. The summed E-state index contributed by atoms with van der Waals surface area (Å²) >= 11 is 0. The molecule has 0 N–H and O–H groups in total. The van der Waals surface area contributed by atoms with Crippen LogP contribution >= 0.6 is 0 Å². The van der Waals surface area contributed by atoms with E-state index in [1.165, 1.54) is 0 Å². The molecule has 1 amide bonds. The monoisotopic (exact) mass is 312 g/mol. The van der Waals surface area contributed by atoms with E-state index in [-0.39, 0.29) is 11.8 Å². The van der Waals surface area contributed by atoms with Crippen LogP contribution in [0.1, 0.15) is 21.9 Å². The van der Waals surface area contributed by atoms with Crippen LogP contribution in [0.2, 0.25) is 0 Å². The molecule has 3 heterocycles. The molecule has 0 spiro atoms. The van der Waals surface area contributed by atoms with Gasteiger partial charge in [0, 0.05) is 36.6 Å². The Morgan fingerprint density at radius 1 is 1.35 bits per heavy atom. The van der Waals surface area contributed by atoms with Crippen molar-refractivity contribution in [2.24, 2.45) is 5.92 Å². The van der Waals surface area contributed by atoms with Gasteiger partial charge in [0.2, 0.25) is 0 Å². The number of ether oxygens (including phenoxy) is 1. The van der Waals surface area contributed by atoms with Crippen molar-refractivity contribution >= 4 is 5.91 Å². The third-order valence-corrected chi connectivity index (χ3v) is 3.87. The summed E-state index contributed by atoms with van der Waals surface area (Å²) in [5.74, 6) is 0.180. The van der Waals surface area contributed by atoms with Crippen molar-refractivity contribution in [2.75, 3.05) is 26.3 Å². The number of hydrogen-bond acceptors (Lipinski definition) is 5. The molecule has 1 fully saturated rings. The second-order valence-electron chi connectivity index (χ2n) is 5.76. The number of rotatable bonds is 3. The molecule has 1 atom stereocenters. The molecule has 0 radical (unpaired) electrons. The number of pyridine rings is 1. The quantitative estimate of drug-likeness (QED) is 0.859. The Morgan fingerprint density at radius 2 is 2.26 bits per heavy atom. The highest BCUT2D eigenvalue weighted by Crippen LogP contribution is 2.14. The fourth-order valence-electron chi connectivity index (χ4n) is 2.76. The second kappa shape index (κ2) is 7.28. The molecule has 0 bridgehead atoms. The van der Waals surface area contributed by atoms with Crippen LogP contribution in [-0.2, 0) is 11.2 Å². The SMILES string of the molecule is Cc1cc(C[C@@H]2COCCN(C(=O)c3ccccn3)C2)ncn1. The average Bonchev–Trinajstić information content (AvgIpc) is 2.80. The molecule has 120 valence electrons. The summed E-state index contributed by atoms with van der Waals surface area (Å²) < 4.78 is 5.67. The summed E-state index contributed by atoms with van der Waals surface area (Å²) in [7, 11) is 0. The summed E-state index contributed by atoms with van der Waals surface area (Å²) in [6, 6.07) is 7.37. The standard InChI is InChI=1S/C17H20N4O2/c1-13-8-15(20-12-19-13)9-14-10-21(6-7-23-11-14)17(22)16-4-2-3-5-18-16/h2-5,8,12,14H,6-7,9-11H2,1H3/t14-/m0/s1. The van der Waals surface area contributed by atoms with Gasteiger partial charge in [-0.25, -0.2) is 9.97 Å². The number of hydrogen-bond donors (Lipinski definition) is 0. The first kappa shape index (κ1) is 15.6. The maximum Gasteiger partial charge on any atom is 0.272 e. The first-order valence-electron chi connectivity index (χ1n) is 7.78. The van der Waals surface area contributed by atoms with Gasteiger partial charge in [-0.05, 0) is 31.5 Å². The van der Waals surface area contributed by atoms with Crippen molar-refractivity contribution in [1.29, 1.82) is 0 Å². The number of aryl methyl sites for hydroxylation is 1. The number of nitrogens with zero attached hydrogens (tertiary/aromatic N) is 4. The highest BCUT2D eigenvalue weighted by Gasteiger charge is 2.24. The van der Waals surface area contributed by atoms with Gasteiger partial charge in [0.25, 0.3) is 5.91 Å². The Labute approximate surface area is 135 Å².